The molecule has 6 nitrogen and oxygen atoms in total. The van der Waals surface area contributed by atoms with E-state index in [4.69, 9.17) is 15.6 Å². The second-order valence-corrected chi connectivity index (χ2v) is 3.93. The van der Waals surface area contributed by atoms with Gasteiger partial charge in [-0.05, 0) is 6.07 Å². The monoisotopic (exact) mass is 254 g/mol. The van der Waals surface area contributed by atoms with Crippen molar-refractivity contribution < 1.29 is 19.4 Å². The zero-order valence-corrected chi connectivity index (χ0v) is 9.76. The molecule has 1 aromatic heterocycles. The maximum atomic E-state index is 10.9. The Hall–Kier alpha value is -2.04. The first-order valence-corrected chi connectivity index (χ1v) is 5.27. The lowest BCUT2D eigenvalue weighted by Gasteiger charge is -1.97. The summed E-state index contributed by atoms with van der Waals surface area (Å²) < 4.78 is 4.74. The van der Waals surface area contributed by atoms with E-state index in [0.29, 0.717) is 4.88 Å². The predicted octanol–water partition coefficient (Wildman–Crippen LogP) is 0.935. The molecule has 0 saturated carbocycles. The normalized spacial score (nSPS) is 9.24. The van der Waals surface area contributed by atoms with Crippen LogP contribution in [0.1, 0.15) is 15.2 Å². The second-order valence-electron chi connectivity index (χ2n) is 2.88. The summed E-state index contributed by atoms with van der Waals surface area (Å²) in [5.41, 5.74) is 4.90. The van der Waals surface area contributed by atoms with Crippen LogP contribution >= 0.6 is 11.3 Å². The third-order valence-corrected chi connectivity index (χ3v) is 2.59. The van der Waals surface area contributed by atoms with Crippen molar-refractivity contribution >= 4 is 28.3 Å². The zero-order chi connectivity index (χ0) is 12.8. The first-order chi connectivity index (χ1) is 8.04. The highest BCUT2D eigenvalue weighted by molar-refractivity contribution is 7.17. The molecule has 0 saturated heterocycles. The van der Waals surface area contributed by atoms with Crippen molar-refractivity contribution in [2.45, 2.75) is 0 Å². The van der Waals surface area contributed by atoms with Gasteiger partial charge in [-0.15, -0.1) is 11.3 Å². The van der Waals surface area contributed by atoms with Crippen molar-refractivity contribution in [1.29, 1.82) is 0 Å². The fourth-order valence-electron chi connectivity index (χ4n) is 1.01. The number of aromatic carboxylic acids is 1. The number of carboxylic acids is 1. The highest BCUT2D eigenvalue weighted by atomic mass is 32.1. The molecule has 90 valence electrons. The minimum Gasteiger partial charge on any atom is -0.478 e. The van der Waals surface area contributed by atoms with Crippen molar-refractivity contribution in [3.05, 3.63) is 16.5 Å². The Morgan fingerprint density at radius 3 is 2.88 bits per heavy atom. The molecule has 0 aromatic carbocycles. The second kappa shape index (κ2) is 5.89. The van der Waals surface area contributed by atoms with E-state index in [0.717, 1.165) is 11.3 Å². The molecule has 0 spiro atoms. The molecule has 17 heavy (non-hydrogen) atoms. The summed E-state index contributed by atoms with van der Waals surface area (Å²) in [6, 6.07) is 0.562. The van der Waals surface area contributed by atoms with Crippen molar-refractivity contribution in [2.75, 3.05) is 19.0 Å². The molecule has 0 atom stereocenters. The molecular weight excluding hydrogens is 244 g/mol. The number of thiophene rings is 1. The van der Waals surface area contributed by atoms with Crippen molar-refractivity contribution in [3.63, 3.8) is 0 Å². The van der Waals surface area contributed by atoms with Crippen LogP contribution in [0.2, 0.25) is 0 Å². The van der Waals surface area contributed by atoms with Gasteiger partial charge in [0.25, 0.3) is 0 Å². The van der Waals surface area contributed by atoms with Gasteiger partial charge in [0.15, 0.2) is 0 Å². The SMILES string of the molecule is COCC#Cc1cc(C(=O)O)c(NC(N)=O)s1. The predicted molar refractivity (Wildman–Crippen MR) is 63.2 cm³/mol. The van der Waals surface area contributed by atoms with Crippen LogP contribution in [0.3, 0.4) is 0 Å². The molecule has 1 heterocycles. The van der Waals surface area contributed by atoms with Crippen LogP contribution < -0.4 is 11.1 Å². The summed E-state index contributed by atoms with van der Waals surface area (Å²) in [6.45, 7) is 0.249. The molecule has 0 radical (unpaired) electrons. The number of nitrogens with one attached hydrogen (secondary N) is 1. The largest absolute Gasteiger partial charge is 0.478 e. The van der Waals surface area contributed by atoms with Crippen LogP contribution in [0.15, 0.2) is 6.07 Å². The number of carbonyl (C=O) groups is 2. The minimum absolute atomic E-state index is 0.0319. The van der Waals surface area contributed by atoms with Gasteiger partial charge in [0.05, 0.1) is 10.4 Å². The van der Waals surface area contributed by atoms with Gasteiger partial charge in [0, 0.05) is 7.11 Å². The Bertz CT molecular complexity index is 498. The van der Waals surface area contributed by atoms with Gasteiger partial charge >= 0.3 is 12.0 Å². The summed E-state index contributed by atoms with van der Waals surface area (Å²) >= 11 is 1.04. The Morgan fingerprint density at radius 2 is 2.35 bits per heavy atom. The Labute approximate surface area is 101 Å². The number of hydrogen-bond donors (Lipinski definition) is 3. The molecule has 1 rings (SSSR count). The highest BCUT2D eigenvalue weighted by Crippen LogP contribution is 2.27. The number of urea groups is 1. The van der Waals surface area contributed by atoms with Gasteiger partial charge in [0.1, 0.15) is 11.6 Å². The number of amides is 2. The topological polar surface area (TPSA) is 102 Å². The number of primary amides is 1. The molecule has 7 heteroatoms. The summed E-state index contributed by atoms with van der Waals surface area (Å²) in [6.07, 6.45) is 0. The van der Waals surface area contributed by atoms with E-state index in [9.17, 15) is 9.59 Å². The van der Waals surface area contributed by atoms with Crippen molar-refractivity contribution in [1.82, 2.24) is 0 Å². The molecule has 0 bridgehead atoms. The van der Waals surface area contributed by atoms with Crippen LogP contribution in [-0.4, -0.2) is 30.8 Å². The lowest BCUT2D eigenvalue weighted by atomic mass is 10.3. The minimum atomic E-state index is -1.15. The molecular formula is C10H10N2O4S. The third kappa shape index (κ3) is 3.79. The van der Waals surface area contributed by atoms with Crippen LogP contribution in [0.5, 0.6) is 0 Å². The average molecular weight is 254 g/mol. The molecule has 0 aliphatic rings. The van der Waals surface area contributed by atoms with Gasteiger partial charge in [-0.2, -0.15) is 0 Å². The van der Waals surface area contributed by atoms with E-state index >= 15 is 0 Å². The lowest BCUT2D eigenvalue weighted by Crippen LogP contribution is -2.19. The quantitative estimate of drug-likeness (QED) is 0.698. The van der Waals surface area contributed by atoms with Gasteiger partial charge in [-0.1, -0.05) is 11.8 Å². The van der Waals surface area contributed by atoms with Gasteiger partial charge in [-0.25, -0.2) is 9.59 Å². The van der Waals surface area contributed by atoms with E-state index in [2.05, 4.69) is 17.2 Å². The molecule has 0 aliphatic carbocycles. The maximum Gasteiger partial charge on any atom is 0.338 e. The van der Waals surface area contributed by atoms with Crippen molar-refractivity contribution in [3.8, 4) is 11.8 Å². The first-order valence-electron chi connectivity index (χ1n) is 4.46. The van der Waals surface area contributed by atoms with Crippen molar-refractivity contribution in [2.24, 2.45) is 5.73 Å². The average Bonchev–Trinajstić information content (AvgIpc) is 2.60. The molecule has 0 fully saturated rings. The fraction of sp³-hybridized carbons (Fsp3) is 0.200. The van der Waals surface area contributed by atoms with E-state index in [-0.39, 0.29) is 17.2 Å². The lowest BCUT2D eigenvalue weighted by molar-refractivity contribution is 0.0698. The van der Waals surface area contributed by atoms with Gasteiger partial charge in [0.2, 0.25) is 0 Å². The number of rotatable bonds is 3. The first kappa shape index (κ1) is 13.0. The maximum absolute atomic E-state index is 10.9. The van der Waals surface area contributed by atoms with E-state index in [1.807, 2.05) is 0 Å². The molecule has 0 aliphatic heterocycles. The summed E-state index contributed by atoms with van der Waals surface area (Å²) in [5, 5.41) is 11.3. The number of nitrogens with two attached hydrogens (primary N) is 1. The zero-order valence-electron chi connectivity index (χ0n) is 8.94. The summed E-state index contributed by atoms with van der Waals surface area (Å²) in [4.78, 5) is 22.1. The number of methoxy groups -OCH3 is 1. The Balaban J connectivity index is 3.00. The fourth-order valence-corrected chi connectivity index (χ4v) is 1.94. The van der Waals surface area contributed by atoms with Gasteiger partial charge in [-0.3, -0.25) is 5.32 Å². The van der Waals surface area contributed by atoms with Crippen LogP contribution in [0.4, 0.5) is 9.80 Å². The number of hydrogen-bond acceptors (Lipinski definition) is 4. The van der Waals surface area contributed by atoms with E-state index in [1.54, 1.807) is 0 Å². The molecule has 0 unspecified atom stereocenters. The number of carbonyl (C=O) groups excluding carboxylic acids is 1. The van der Waals surface area contributed by atoms with E-state index in [1.165, 1.54) is 13.2 Å². The number of carboxylic acid groups (broad SMARTS) is 1. The van der Waals surface area contributed by atoms with Crippen LogP contribution in [0, 0.1) is 11.8 Å². The summed E-state index contributed by atoms with van der Waals surface area (Å²) in [5.74, 6) is 4.26. The van der Waals surface area contributed by atoms with Crippen LogP contribution in [-0.2, 0) is 4.74 Å². The molecule has 1 aromatic rings. The standard InChI is InChI=1S/C10H10N2O4S/c1-16-4-2-3-6-5-7(9(13)14)8(17-6)12-10(11)15/h5H,4H2,1H3,(H,13,14)(H3,11,12,15). The molecule has 4 N–H and O–H groups in total. The van der Waals surface area contributed by atoms with Crippen LogP contribution in [0.25, 0.3) is 0 Å². The number of ether oxygens (including phenoxy) is 1. The van der Waals surface area contributed by atoms with Gasteiger partial charge < -0.3 is 15.6 Å². The third-order valence-electron chi connectivity index (χ3n) is 1.63. The molecule has 2 amide bonds. The smallest absolute Gasteiger partial charge is 0.338 e. The Kier molecular flexibility index (Phi) is 4.51. The summed E-state index contributed by atoms with van der Waals surface area (Å²) in [7, 11) is 1.51. The Morgan fingerprint density at radius 1 is 1.65 bits per heavy atom. The highest BCUT2D eigenvalue weighted by Gasteiger charge is 2.15. The number of anilines is 1. The van der Waals surface area contributed by atoms with E-state index < -0.39 is 12.0 Å².